The van der Waals surface area contributed by atoms with Crippen molar-refractivity contribution in [2.75, 3.05) is 18.9 Å². The Hall–Kier alpha value is -3.17. The van der Waals surface area contributed by atoms with Gasteiger partial charge in [0, 0.05) is 24.5 Å². The summed E-state index contributed by atoms with van der Waals surface area (Å²) in [4.78, 5) is 24.5. The number of sulfonamides is 1. The van der Waals surface area contributed by atoms with Gasteiger partial charge in [-0.3, -0.25) is 9.59 Å². The van der Waals surface area contributed by atoms with Crippen LogP contribution in [0.25, 0.3) is 11.0 Å². The van der Waals surface area contributed by atoms with E-state index in [1.165, 1.54) is 35.6 Å². The van der Waals surface area contributed by atoms with E-state index in [1.807, 2.05) is 6.92 Å². The lowest BCUT2D eigenvalue weighted by Gasteiger charge is -2.17. The van der Waals surface area contributed by atoms with Crippen molar-refractivity contribution < 1.29 is 22.4 Å². The highest BCUT2D eigenvalue weighted by atomic mass is 32.2. The number of carbonyl (C=O) groups excluding carboxylic acids is 2. The van der Waals surface area contributed by atoms with Crippen LogP contribution in [0.5, 0.6) is 0 Å². The van der Waals surface area contributed by atoms with Gasteiger partial charge in [-0.25, -0.2) is 12.7 Å². The summed E-state index contributed by atoms with van der Waals surface area (Å²) in [6.45, 7) is 2.41. The van der Waals surface area contributed by atoms with Crippen LogP contribution in [0.2, 0.25) is 0 Å². The molecule has 3 aromatic rings. The molecule has 0 radical (unpaired) electrons. The lowest BCUT2D eigenvalue weighted by Crippen LogP contribution is -2.28. The van der Waals surface area contributed by atoms with Crippen LogP contribution < -0.4 is 11.1 Å². The Bertz CT molecular complexity index is 1180. The fourth-order valence-corrected chi connectivity index (χ4v) is 4.20. The minimum atomic E-state index is -3.62. The molecule has 1 heterocycles. The van der Waals surface area contributed by atoms with E-state index in [4.69, 9.17) is 10.2 Å². The number of furan rings is 1. The van der Waals surface area contributed by atoms with Gasteiger partial charge in [0.2, 0.25) is 15.8 Å². The third kappa shape index (κ3) is 4.22. The lowest BCUT2D eigenvalue weighted by molar-refractivity contribution is 0.0977. The maximum atomic E-state index is 12.7. The minimum absolute atomic E-state index is 0.101. The van der Waals surface area contributed by atoms with Gasteiger partial charge >= 0.3 is 0 Å². The normalized spacial score (nSPS) is 11.7. The number of para-hydroxylation sites is 1. The molecule has 0 fully saturated rings. The van der Waals surface area contributed by atoms with Gasteiger partial charge in [-0.1, -0.05) is 25.5 Å². The second-order valence-electron chi connectivity index (χ2n) is 6.83. The first-order chi connectivity index (χ1) is 14.3. The van der Waals surface area contributed by atoms with E-state index in [0.717, 1.165) is 12.8 Å². The summed E-state index contributed by atoms with van der Waals surface area (Å²) in [7, 11) is -2.10. The van der Waals surface area contributed by atoms with Crippen molar-refractivity contribution in [1.82, 2.24) is 4.31 Å². The van der Waals surface area contributed by atoms with Crippen LogP contribution in [0, 0.1) is 0 Å². The number of nitrogens with zero attached hydrogens (tertiary/aromatic N) is 1. The van der Waals surface area contributed by atoms with Crippen molar-refractivity contribution in [1.29, 1.82) is 0 Å². The zero-order valence-corrected chi connectivity index (χ0v) is 17.5. The first-order valence-corrected chi connectivity index (χ1v) is 10.9. The van der Waals surface area contributed by atoms with Gasteiger partial charge in [0.1, 0.15) is 11.3 Å². The third-order valence-electron chi connectivity index (χ3n) is 4.71. The van der Waals surface area contributed by atoms with Crippen molar-refractivity contribution in [3.63, 3.8) is 0 Å². The SMILES string of the molecule is CCCCN(C)S(=O)(=O)c1ccc(C(=O)Nc2c(C(N)=O)oc3ccccc23)cc1. The Morgan fingerprint density at radius 2 is 1.77 bits per heavy atom. The van der Waals surface area contributed by atoms with Gasteiger partial charge in [0.05, 0.1) is 4.90 Å². The number of nitrogens with two attached hydrogens (primary N) is 1. The molecule has 1 aromatic heterocycles. The Kier molecular flexibility index (Phi) is 6.23. The smallest absolute Gasteiger partial charge is 0.286 e. The number of benzene rings is 2. The van der Waals surface area contributed by atoms with Crippen molar-refractivity contribution in [3.05, 3.63) is 59.9 Å². The summed E-state index contributed by atoms with van der Waals surface area (Å²) in [5, 5.41) is 3.18. The average molecular weight is 429 g/mol. The Balaban J connectivity index is 1.85. The second kappa shape index (κ2) is 8.68. The number of unbranched alkanes of at least 4 members (excludes halogenated alkanes) is 1. The molecular formula is C21H23N3O5S. The maximum absolute atomic E-state index is 12.7. The molecule has 0 bridgehead atoms. The highest BCUT2D eigenvalue weighted by Gasteiger charge is 2.23. The molecule has 2 amide bonds. The van der Waals surface area contributed by atoms with Gasteiger partial charge < -0.3 is 15.5 Å². The molecule has 3 rings (SSSR count). The number of primary amides is 1. The number of hydrogen-bond donors (Lipinski definition) is 2. The standard InChI is InChI=1S/C21H23N3O5S/c1-3-4-13-24(2)30(27,28)15-11-9-14(10-12-15)21(26)23-18-16-7-5-6-8-17(16)29-19(18)20(22)25/h5-12H,3-4,13H2,1-2H3,(H2,22,25)(H,23,26). The molecule has 0 spiro atoms. The van der Waals surface area contributed by atoms with Crippen LogP contribution in [-0.2, 0) is 10.0 Å². The molecule has 0 saturated carbocycles. The highest BCUT2D eigenvalue weighted by molar-refractivity contribution is 7.89. The van der Waals surface area contributed by atoms with Crippen LogP contribution in [0.1, 0.15) is 40.7 Å². The number of rotatable bonds is 8. The third-order valence-corrected chi connectivity index (χ3v) is 6.58. The predicted molar refractivity (Wildman–Crippen MR) is 114 cm³/mol. The van der Waals surface area contributed by atoms with Crippen molar-refractivity contribution in [3.8, 4) is 0 Å². The topological polar surface area (TPSA) is 123 Å². The van der Waals surface area contributed by atoms with E-state index < -0.39 is 21.8 Å². The van der Waals surface area contributed by atoms with E-state index >= 15 is 0 Å². The monoisotopic (exact) mass is 429 g/mol. The maximum Gasteiger partial charge on any atom is 0.286 e. The molecule has 0 aliphatic rings. The number of nitrogens with one attached hydrogen (secondary N) is 1. The predicted octanol–water partition coefficient (Wildman–Crippen LogP) is 3.20. The number of amides is 2. The van der Waals surface area contributed by atoms with E-state index in [0.29, 0.717) is 17.5 Å². The van der Waals surface area contributed by atoms with Crippen LogP contribution in [-0.4, -0.2) is 38.1 Å². The number of hydrogen-bond acceptors (Lipinski definition) is 5. The largest absolute Gasteiger partial charge is 0.449 e. The van der Waals surface area contributed by atoms with E-state index in [-0.39, 0.29) is 21.9 Å². The van der Waals surface area contributed by atoms with Gasteiger partial charge in [-0.05, 0) is 42.8 Å². The molecule has 2 aromatic carbocycles. The fourth-order valence-electron chi connectivity index (χ4n) is 2.99. The summed E-state index contributed by atoms with van der Waals surface area (Å²) in [6, 6.07) is 12.4. The fraction of sp³-hybridized carbons (Fsp3) is 0.238. The van der Waals surface area contributed by atoms with Crippen molar-refractivity contribution in [2.24, 2.45) is 5.73 Å². The number of fused-ring (bicyclic) bond motifs is 1. The molecule has 30 heavy (non-hydrogen) atoms. The summed E-state index contributed by atoms with van der Waals surface area (Å²) >= 11 is 0. The molecule has 3 N–H and O–H groups in total. The van der Waals surface area contributed by atoms with Crippen LogP contribution in [0.15, 0.2) is 57.8 Å². The van der Waals surface area contributed by atoms with Crippen LogP contribution in [0.3, 0.4) is 0 Å². The van der Waals surface area contributed by atoms with E-state index in [9.17, 15) is 18.0 Å². The van der Waals surface area contributed by atoms with Crippen molar-refractivity contribution in [2.45, 2.75) is 24.7 Å². The lowest BCUT2D eigenvalue weighted by atomic mass is 10.2. The van der Waals surface area contributed by atoms with Crippen molar-refractivity contribution >= 4 is 38.5 Å². The van der Waals surface area contributed by atoms with Crippen LogP contribution in [0.4, 0.5) is 5.69 Å². The second-order valence-corrected chi connectivity index (χ2v) is 8.87. The minimum Gasteiger partial charge on any atom is -0.449 e. The quantitative estimate of drug-likeness (QED) is 0.569. The molecular weight excluding hydrogens is 406 g/mol. The molecule has 9 heteroatoms. The zero-order chi connectivity index (χ0) is 21.9. The van der Waals surface area contributed by atoms with Gasteiger partial charge in [0.15, 0.2) is 0 Å². The molecule has 0 aliphatic carbocycles. The first kappa shape index (κ1) is 21.5. The molecule has 8 nitrogen and oxygen atoms in total. The van der Waals surface area contributed by atoms with Gasteiger partial charge in [-0.15, -0.1) is 0 Å². The molecule has 0 aliphatic heterocycles. The molecule has 0 atom stereocenters. The van der Waals surface area contributed by atoms with E-state index in [1.54, 1.807) is 24.3 Å². The summed E-state index contributed by atoms with van der Waals surface area (Å²) in [5.41, 5.74) is 6.19. The van der Waals surface area contributed by atoms with Gasteiger partial charge in [0.25, 0.3) is 11.8 Å². The van der Waals surface area contributed by atoms with Gasteiger partial charge in [-0.2, -0.15) is 0 Å². The van der Waals surface area contributed by atoms with Crippen LogP contribution >= 0.6 is 0 Å². The Labute approximate surface area is 174 Å². The molecule has 158 valence electrons. The van der Waals surface area contributed by atoms with E-state index in [2.05, 4.69) is 5.32 Å². The summed E-state index contributed by atoms with van der Waals surface area (Å²) in [6.07, 6.45) is 1.64. The molecule has 0 unspecified atom stereocenters. The number of carbonyl (C=O) groups is 2. The Morgan fingerprint density at radius 3 is 2.40 bits per heavy atom. The highest BCUT2D eigenvalue weighted by Crippen LogP contribution is 2.31. The summed E-state index contributed by atoms with van der Waals surface area (Å²) in [5.74, 6) is -1.48. The number of anilines is 1. The molecule has 0 saturated heterocycles. The Morgan fingerprint density at radius 1 is 1.10 bits per heavy atom. The average Bonchev–Trinajstić information content (AvgIpc) is 3.10. The zero-order valence-electron chi connectivity index (χ0n) is 16.7. The first-order valence-electron chi connectivity index (χ1n) is 9.44. The summed E-state index contributed by atoms with van der Waals surface area (Å²) < 4.78 is 31.9.